The molecule has 1 N–H and O–H groups in total. The molecule has 0 saturated carbocycles. The van der Waals surface area contributed by atoms with Gasteiger partial charge in [0, 0.05) is 0 Å². The second kappa shape index (κ2) is 27.9. The molecule has 0 aromatic carbocycles. The van der Waals surface area contributed by atoms with Crippen molar-refractivity contribution in [2.24, 2.45) is 5.92 Å². The van der Waals surface area contributed by atoms with Crippen LogP contribution in [0, 0.1) is 5.92 Å². The average molecular weight is 624 g/mol. The Kier molecular flexibility index (Phi) is 36.3. The summed E-state index contributed by atoms with van der Waals surface area (Å²) in [6.45, 7) is 24.1. The van der Waals surface area contributed by atoms with Crippen LogP contribution in [0.25, 0.3) is 0 Å². The summed E-state index contributed by atoms with van der Waals surface area (Å²) < 4.78 is 1.61. The van der Waals surface area contributed by atoms with Crippen molar-refractivity contribution >= 4 is 13.6 Å². The summed E-state index contributed by atoms with van der Waals surface area (Å²) in [4.78, 5) is 15.0. The Morgan fingerprint density at radius 3 is 1.56 bits per heavy atom. The molecule has 0 aromatic heterocycles. The van der Waals surface area contributed by atoms with Crippen LogP contribution in [0.3, 0.4) is 0 Å². The van der Waals surface area contributed by atoms with E-state index in [9.17, 15) is 0 Å². The molecule has 0 aromatic rings. The van der Waals surface area contributed by atoms with Crippen LogP contribution in [-0.4, -0.2) is 25.7 Å². The van der Waals surface area contributed by atoms with Gasteiger partial charge in [-0.3, -0.25) is 9.59 Å². The first-order chi connectivity index (χ1) is 15.0. The van der Waals surface area contributed by atoms with E-state index in [0.717, 1.165) is 6.54 Å². The minimum atomic E-state index is 0. The third kappa shape index (κ3) is 14.1. The number of carbonyl (C=O) groups excluding carboxylic acids is 2. The zero-order valence-electron chi connectivity index (χ0n) is 22.1. The van der Waals surface area contributed by atoms with Crippen molar-refractivity contribution in [1.82, 2.24) is 5.32 Å². The molecule has 1 aliphatic rings. The average Bonchev–Trinajstić information content (AvgIpc) is 3.01. The Morgan fingerprint density at radius 2 is 1.15 bits per heavy atom. The van der Waals surface area contributed by atoms with Gasteiger partial charge in [0.15, 0.2) is 0 Å². The van der Waals surface area contributed by atoms with Gasteiger partial charge in [-0.15, -0.1) is 0 Å². The zero-order chi connectivity index (χ0) is 24.3. The molecule has 1 atom stereocenters. The number of nitrogens with one attached hydrogen (secondary N) is 1. The summed E-state index contributed by atoms with van der Waals surface area (Å²) >= 11 is 3.11. The molecule has 1 aliphatic carbocycles. The first kappa shape index (κ1) is 44.3. The number of hydrogen-bond acceptors (Lipinski definition) is 3. The van der Waals surface area contributed by atoms with Crippen LogP contribution in [0.5, 0.6) is 0 Å². The van der Waals surface area contributed by atoms with Crippen molar-refractivity contribution in [2.45, 2.75) is 124 Å². The second-order valence-electron chi connectivity index (χ2n) is 8.83. The van der Waals surface area contributed by atoms with Crippen molar-refractivity contribution in [3.63, 3.8) is 0 Å². The minimum Gasteiger partial charge on any atom is -1.00 e. The molecule has 0 spiro atoms. The molecular weight excluding hydrogens is 578 g/mol. The molecule has 3 nitrogen and oxygen atoms in total. The molecule has 34 heavy (non-hydrogen) atoms. The topological polar surface area (TPSA) is 46.2 Å². The van der Waals surface area contributed by atoms with E-state index in [2.05, 4.69) is 78.7 Å². The standard InChI is InChI=1S/C25H46N.2CO.3ClH.Ru/c1-7-11-15-22-19-25(18-14-10-4,26-20-21(5)6)24(17-13-9-3)23(22)16-12-8-2;2*1-2;;;;/h21,26H,7-18,20H2,1-6H3;;;3*1H;/q;;;;;;+3/p-3. The molecule has 0 bridgehead atoms. The van der Waals surface area contributed by atoms with Gasteiger partial charge in [-0.2, -0.15) is 0 Å². The molecule has 0 heterocycles. The number of unbranched alkanes of at least 4 members (excludes halogenated alkanes) is 4. The smallest absolute Gasteiger partial charge is 0.281 e. The third-order valence-corrected chi connectivity index (χ3v) is 7.19. The van der Waals surface area contributed by atoms with Gasteiger partial charge in [-0.1, -0.05) is 0 Å². The molecule has 1 unspecified atom stereocenters. The number of hydrogen-bond donors (Lipinski definition) is 1. The van der Waals surface area contributed by atoms with Crippen LogP contribution in [-0.2, 0) is 27.9 Å². The predicted molar refractivity (Wildman–Crippen MR) is 129 cm³/mol. The molecule has 0 aliphatic heterocycles. The van der Waals surface area contributed by atoms with Crippen LogP contribution in [0.1, 0.15) is 119 Å². The quantitative estimate of drug-likeness (QED) is 0.216. The number of rotatable bonds is 15. The van der Waals surface area contributed by atoms with Gasteiger partial charge in [0.2, 0.25) is 0 Å². The second-order valence-corrected chi connectivity index (χ2v) is 9.70. The largest absolute Gasteiger partial charge is 1.00 e. The van der Waals surface area contributed by atoms with Crippen LogP contribution >= 0.6 is 0 Å². The van der Waals surface area contributed by atoms with E-state index in [1.54, 1.807) is 20.9 Å². The van der Waals surface area contributed by atoms with Crippen LogP contribution in [0.15, 0.2) is 20.9 Å². The summed E-state index contributed by atoms with van der Waals surface area (Å²) in [5, 5.41) is 4.12. The normalized spacial score (nSPS) is 16.4. The number of allylic oxidation sites excluding steroid dienone is 2. The predicted octanol–water partition coefficient (Wildman–Crippen LogP) is -1.94. The SMILES string of the molecule is CCCCC1=[C]([Ru+3])C(CCCC)(NCC(C)C)C(CCCC)=C1CCCC.[C]=O.[C]=O.[Cl-].[Cl-].[Cl-]. The Bertz CT molecular complexity index is 540. The summed E-state index contributed by atoms with van der Waals surface area (Å²) in [7, 11) is 0. The zero-order valence-corrected chi connectivity index (χ0v) is 26.1. The monoisotopic (exact) mass is 623 g/mol. The maximum absolute atomic E-state index is 7.50. The fraction of sp³-hybridized carbons (Fsp3) is 0.778. The minimum absolute atomic E-state index is 0. The van der Waals surface area contributed by atoms with Gasteiger partial charge in [0.05, 0.1) is 0 Å². The molecular formula is C27H46Cl3NO2Ru. The maximum atomic E-state index is 7.50. The Balaban J connectivity index is -0.000000379. The molecule has 0 saturated heterocycles. The summed E-state index contributed by atoms with van der Waals surface area (Å²) in [6, 6.07) is 0. The van der Waals surface area contributed by atoms with Crippen LogP contribution in [0.4, 0.5) is 0 Å². The third-order valence-electron chi connectivity index (χ3n) is 5.92. The van der Waals surface area contributed by atoms with E-state index < -0.39 is 0 Å². The van der Waals surface area contributed by atoms with Gasteiger partial charge in [0.1, 0.15) is 0 Å². The van der Waals surface area contributed by atoms with E-state index in [-0.39, 0.29) is 42.8 Å². The molecule has 4 radical (unpaired) electrons. The van der Waals surface area contributed by atoms with Crippen molar-refractivity contribution in [2.75, 3.05) is 6.54 Å². The Hall–Kier alpha value is 0.273. The fourth-order valence-corrected chi connectivity index (χ4v) is 5.40. The van der Waals surface area contributed by atoms with Crippen LogP contribution in [0.2, 0.25) is 0 Å². The first-order valence-corrected chi connectivity index (χ1v) is 13.1. The molecule has 1 rings (SSSR count). The molecule has 7 heteroatoms. The Labute approximate surface area is 240 Å². The van der Waals surface area contributed by atoms with Gasteiger partial charge in [-0.25, -0.2) is 0 Å². The van der Waals surface area contributed by atoms with Crippen LogP contribution < -0.4 is 42.5 Å². The number of halogens is 3. The summed E-state index contributed by atoms with van der Waals surface area (Å²) in [6.07, 6.45) is 15.5. The van der Waals surface area contributed by atoms with Crippen molar-refractivity contribution in [3.05, 3.63) is 20.9 Å². The Morgan fingerprint density at radius 1 is 0.735 bits per heavy atom. The van der Waals surface area contributed by atoms with E-state index >= 15 is 0 Å². The van der Waals surface area contributed by atoms with E-state index in [4.69, 9.17) is 9.59 Å². The van der Waals surface area contributed by atoms with Crippen molar-refractivity contribution in [1.29, 1.82) is 0 Å². The van der Waals surface area contributed by atoms with Gasteiger partial charge in [0.25, 0.3) is 13.6 Å². The molecule has 0 fully saturated rings. The fourth-order valence-electron chi connectivity index (χ4n) is 4.29. The summed E-state index contributed by atoms with van der Waals surface area (Å²) in [5.41, 5.74) is 5.35. The van der Waals surface area contributed by atoms with Crippen molar-refractivity contribution in [3.8, 4) is 0 Å². The van der Waals surface area contributed by atoms with Crippen molar-refractivity contribution < 1.29 is 65.1 Å². The van der Waals surface area contributed by atoms with E-state index in [0.29, 0.717) is 5.92 Å². The van der Waals surface area contributed by atoms with Gasteiger partial charge in [-0.05, 0) is 0 Å². The molecule has 0 amide bonds. The van der Waals surface area contributed by atoms with Gasteiger partial charge < -0.3 is 37.2 Å². The summed E-state index contributed by atoms with van der Waals surface area (Å²) in [5.74, 6) is 0.689. The van der Waals surface area contributed by atoms with E-state index in [1.807, 2.05) is 0 Å². The van der Waals surface area contributed by atoms with E-state index in [1.165, 1.54) is 77.0 Å². The molecule has 200 valence electrons. The maximum Gasteiger partial charge on any atom is 0.281 e. The van der Waals surface area contributed by atoms with Gasteiger partial charge >= 0.3 is 181 Å². The first-order valence-electron chi connectivity index (χ1n) is 12.2.